The topological polar surface area (TPSA) is 49.9 Å². The van der Waals surface area contributed by atoms with Crippen molar-refractivity contribution in [2.45, 2.75) is 27.2 Å². The van der Waals surface area contributed by atoms with Crippen molar-refractivity contribution in [2.24, 2.45) is 5.92 Å². The molecule has 2 amide bonds. The maximum Gasteiger partial charge on any atom is 0.258 e. The molecule has 170 valence electrons. The highest BCUT2D eigenvalue weighted by Crippen LogP contribution is 2.35. The van der Waals surface area contributed by atoms with Gasteiger partial charge in [-0.3, -0.25) is 9.59 Å². The zero-order chi connectivity index (χ0) is 23.4. The monoisotopic (exact) mass is 442 g/mol. The molecule has 5 nitrogen and oxygen atoms in total. The molecular formula is C28H30N2O3. The van der Waals surface area contributed by atoms with E-state index in [-0.39, 0.29) is 17.7 Å². The minimum Gasteiger partial charge on any atom is -0.493 e. The highest BCUT2D eigenvalue weighted by molar-refractivity contribution is 6.11. The Bertz CT molecular complexity index is 1140. The van der Waals surface area contributed by atoms with E-state index in [4.69, 9.17) is 4.74 Å². The first-order chi connectivity index (χ1) is 16.0. The van der Waals surface area contributed by atoms with E-state index in [0.717, 1.165) is 28.3 Å². The number of benzene rings is 3. The molecule has 0 saturated carbocycles. The lowest BCUT2D eigenvalue weighted by atomic mass is 10.1. The molecule has 5 heteroatoms. The third kappa shape index (κ3) is 4.92. The zero-order valence-electron chi connectivity index (χ0n) is 19.5. The summed E-state index contributed by atoms with van der Waals surface area (Å²) in [6, 6.07) is 23.0. The number of hydrogen-bond acceptors (Lipinski definition) is 3. The zero-order valence-corrected chi connectivity index (χ0v) is 19.5. The van der Waals surface area contributed by atoms with Crippen LogP contribution >= 0.6 is 0 Å². The largest absolute Gasteiger partial charge is 0.493 e. The van der Waals surface area contributed by atoms with Crippen LogP contribution in [0.5, 0.6) is 5.75 Å². The number of carbonyl (C=O) groups excluding carboxylic acids is 2. The molecule has 0 aromatic heterocycles. The summed E-state index contributed by atoms with van der Waals surface area (Å²) in [6.45, 7) is 7.35. The summed E-state index contributed by atoms with van der Waals surface area (Å²) in [6.07, 6.45) is 0.687. The smallest absolute Gasteiger partial charge is 0.258 e. The second-order valence-electron chi connectivity index (χ2n) is 8.63. The number of ether oxygens (including phenoxy) is 1. The number of rotatable bonds is 6. The van der Waals surface area contributed by atoms with Crippen molar-refractivity contribution in [3.05, 3.63) is 89.5 Å². The minimum absolute atomic E-state index is 0.0255. The van der Waals surface area contributed by atoms with Gasteiger partial charge in [0, 0.05) is 18.7 Å². The first kappa shape index (κ1) is 22.6. The van der Waals surface area contributed by atoms with Crippen LogP contribution in [0.2, 0.25) is 0 Å². The van der Waals surface area contributed by atoms with Crippen molar-refractivity contribution < 1.29 is 14.3 Å². The van der Waals surface area contributed by atoms with Crippen LogP contribution in [0.1, 0.15) is 34.8 Å². The highest BCUT2D eigenvalue weighted by Gasteiger charge is 2.33. The van der Waals surface area contributed by atoms with Crippen molar-refractivity contribution in [3.8, 4) is 5.75 Å². The van der Waals surface area contributed by atoms with Gasteiger partial charge in [0.15, 0.2) is 0 Å². The van der Waals surface area contributed by atoms with Gasteiger partial charge in [-0.1, -0.05) is 49.4 Å². The fraction of sp³-hybridized carbons (Fsp3) is 0.286. The third-order valence-electron chi connectivity index (χ3n) is 6.00. The molecule has 1 aliphatic rings. The van der Waals surface area contributed by atoms with Crippen molar-refractivity contribution in [1.29, 1.82) is 0 Å². The van der Waals surface area contributed by atoms with Crippen molar-refractivity contribution >= 4 is 23.2 Å². The van der Waals surface area contributed by atoms with E-state index in [9.17, 15) is 9.59 Å². The third-order valence-corrected chi connectivity index (χ3v) is 6.00. The summed E-state index contributed by atoms with van der Waals surface area (Å²) in [5, 5.41) is 0. The summed E-state index contributed by atoms with van der Waals surface area (Å²) in [7, 11) is 0. The van der Waals surface area contributed by atoms with E-state index in [1.54, 1.807) is 4.90 Å². The van der Waals surface area contributed by atoms with Crippen LogP contribution in [0, 0.1) is 19.8 Å². The molecular weight excluding hydrogens is 412 g/mol. The number of amides is 2. The molecule has 0 saturated heterocycles. The first-order valence-electron chi connectivity index (χ1n) is 11.4. The van der Waals surface area contributed by atoms with Gasteiger partial charge in [-0.15, -0.1) is 0 Å². The van der Waals surface area contributed by atoms with Gasteiger partial charge < -0.3 is 14.5 Å². The van der Waals surface area contributed by atoms with Crippen LogP contribution in [0.3, 0.4) is 0 Å². The summed E-state index contributed by atoms with van der Waals surface area (Å²) in [5.41, 5.74) is 4.40. The summed E-state index contributed by atoms with van der Waals surface area (Å²) in [5.74, 6) is 0.496. The summed E-state index contributed by atoms with van der Waals surface area (Å²) in [4.78, 5) is 30.2. The van der Waals surface area contributed by atoms with Crippen LogP contribution in [-0.4, -0.2) is 31.5 Å². The van der Waals surface area contributed by atoms with Gasteiger partial charge >= 0.3 is 0 Å². The highest BCUT2D eigenvalue weighted by atomic mass is 16.5. The Labute approximate surface area is 195 Å². The molecule has 1 atom stereocenters. The number of para-hydroxylation sites is 2. The van der Waals surface area contributed by atoms with Crippen molar-refractivity contribution in [2.75, 3.05) is 29.5 Å². The Balaban J connectivity index is 1.54. The molecule has 0 radical (unpaired) electrons. The SMILES string of the molecule is Cc1ccc(C)c(OCCCN2C(=O)C(C)CN(C(=O)c3ccccc3)c3ccccc32)c1. The average Bonchev–Trinajstić information content (AvgIpc) is 2.94. The summed E-state index contributed by atoms with van der Waals surface area (Å²) >= 11 is 0. The number of hydrogen-bond donors (Lipinski definition) is 0. The molecule has 1 aliphatic heterocycles. The van der Waals surface area contributed by atoms with E-state index < -0.39 is 0 Å². The Morgan fingerprint density at radius 2 is 1.67 bits per heavy atom. The Morgan fingerprint density at radius 3 is 2.42 bits per heavy atom. The van der Waals surface area contributed by atoms with E-state index in [0.29, 0.717) is 31.7 Å². The van der Waals surface area contributed by atoms with Crippen molar-refractivity contribution in [3.63, 3.8) is 0 Å². The lowest BCUT2D eigenvalue weighted by molar-refractivity contribution is -0.121. The van der Waals surface area contributed by atoms with Gasteiger partial charge in [-0.05, 0) is 61.7 Å². The second-order valence-corrected chi connectivity index (χ2v) is 8.63. The van der Waals surface area contributed by atoms with Crippen LogP contribution in [0.25, 0.3) is 0 Å². The van der Waals surface area contributed by atoms with Crippen LogP contribution in [0.15, 0.2) is 72.8 Å². The predicted molar refractivity (Wildman–Crippen MR) is 132 cm³/mol. The Morgan fingerprint density at radius 1 is 0.970 bits per heavy atom. The normalized spacial score (nSPS) is 15.7. The van der Waals surface area contributed by atoms with Gasteiger partial charge in [0.1, 0.15) is 5.75 Å². The lowest BCUT2D eigenvalue weighted by Crippen LogP contribution is -2.39. The van der Waals surface area contributed by atoms with Gasteiger partial charge in [-0.2, -0.15) is 0 Å². The number of anilines is 2. The van der Waals surface area contributed by atoms with Gasteiger partial charge in [0.05, 0.1) is 23.9 Å². The molecule has 0 N–H and O–H groups in total. The Hall–Kier alpha value is -3.60. The van der Waals surface area contributed by atoms with Gasteiger partial charge in [0.25, 0.3) is 5.91 Å². The fourth-order valence-electron chi connectivity index (χ4n) is 4.18. The van der Waals surface area contributed by atoms with E-state index >= 15 is 0 Å². The Kier molecular flexibility index (Phi) is 6.78. The van der Waals surface area contributed by atoms with E-state index in [1.807, 2.05) is 86.3 Å². The maximum atomic E-state index is 13.3. The number of carbonyl (C=O) groups is 2. The first-order valence-corrected chi connectivity index (χ1v) is 11.4. The quantitative estimate of drug-likeness (QED) is 0.480. The van der Waals surface area contributed by atoms with E-state index in [1.165, 1.54) is 0 Å². The molecule has 3 aromatic rings. The molecule has 0 bridgehead atoms. The number of nitrogens with zero attached hydrogens (tertiary/aromatic N) is 2. The molecule has 1 heterocycles. The standard InChI is InChI=1S/C28H30N2O3/c1-20-14-15-21(2)26(18-20)33-17-9-16-29-24-12-7-8-13-25(24)30(19-22(3)27(29)31)28(32)23-10-5-4-6-11-23/h4-8,10-15,18,22H,9,16-17,19H2,1-3H3. The lowest BCUT2D eigenvalue weighted by Gasteiger charge is -2.25. The number of fused-ring (bicyclic) bond motifs is 1. The number of aryl methyl sites for hydroxylation is 2. The van der Waals surface area contributed by atoms with Gasteiger partial charge in [-0.25, -0.2) is 0 Å². The van der Waals surface area contributed by atoms with Gasteiger partial charge in [0.2, 0.25) is 5.91 Å². The molecule has 1 unspecified atom stereocenters. The van der Waals surface area contributed by atoms with Crippen LogP contribution < -0.4 is 14.5 Å². The summed E-state index contributed by atoms with van der Waals surface area (Å²) < 4.78 is 6.00. The fourth-order valence-corrected chi connectivity index (χ4v) is 4.18. The molecule has 0 aliphatic carbocycles. The molecule has 4 rings (SSSR count). The minimum atomic E-state index is -0.315. The molecule has 3 aromatic carbocycles. The molecule has 33 heavy (non-hydrogen) atoms. The maximum absolute atomic E-state index is 13.3. The van der Waals surface area contributed by atoms with Crippen molar-refractivity contribution in [1.82, 2.24) is 0 Å². The van der Waals surface area contributed by atoms with Crippen LogP contribution in [0.4, 0.5) is 11.4 Å². The predicted octanol–water partition coefficient (Wildman–Crippen LogP) is 5.40. The molecule has 0 fully saturated rings. The van der Waals surface area contributed by atoms with Crippen LogP contribution in [-0.2, 0) is 4.79 Å². The molecule has 0 spiro atoms. The van der Waals surface area contributed by atoms with E-state index in [2.05, 4.69) is 12.1 Å². The second kappa shape index (κ2) is 9.90. The average molecular weight is 443 g/mol.